The molecule has 0 aromatic heterocycles. The molecule has 0 saturated carbocycles. The van der Waals surface area contributed by atoms with E-state index in [1.54, 1.807) is 9.80 Å². The van der Waals surface area contributed by atoms with E-state index in [2.05, 4.69) is 0 Å². The van der Waals surface area contributed by atoms with Crippen LogP contribution in [0.1, 0.15) is 39.2 Å². The van der Waals surface area contributed by atoms with Crippen LogP contribution in [0, 0.1) is 5.92 Å². The van der Waals surface area contributed by atoms with Gasteiger partial charge in [-0.1, -0.05) is 30.3 Å². The van der Waals surface area contributed by atoms with Crippen LogP contribution < -0.4 is 0 Å². The molecule has 6 nitrogen and oxygen atoms in total. The van der Waals surface area contributed by atoms with Gasteiger partial charge >= 0.3 is 12.2 Å². The zero-order valence-electron chi connectivity index (χ0n) is 15.8. The summed E-state index contributed by atoms with van der Waals surface area (Å²) in [6, 6.07) is 9.65. The molecule has 0 spiro atoms. The van der Waals surface area contributed by atoms with Crippen LogP contribution in [0.3, 0.4) is 0 Å². The van der Waals surface area contributed by atoms with E-state index in [9.17, 15) is 9.59 Å². The van der Waals surface area contributed by atoms with Crippen molar-refractivity contribution in [3.8, 4) is 0 Å². The molecular formula is C20H28N2O4. The van der Waals surface area contributed by atoms with Crippen molar-refractivity contribution in [2.45, 2.75) is 51.9 Å². The number of carbonyl (C=O) groups is 2. The molecular weight excluding hydrogens is 332 g/mol. The molecule has 4 rings (SSSR count). The highest BCUT2D eigenvalue weighted by molar-refractivity contribution is 5.70. The van der Waals surface area contributed by atoms with Crippen LogP contribution in [-0.4, -0.2) is 53.3 Å². The van der Waals surface area contributed by atoms with E-state index in [0.29, 0.717) is 19.6 Å². The highest BCUT2D eigenvalue weighted by atomic mass is 16.6. The summed E-state index contributed by atoms with van der Waals surface area (Å²) < 4.78 is 11.0. The van der Waals surface area contributed by atoms with Gasteiger partial charge in [-0.15, -0.1) is 0 Å². The average molecular weight is 360 g/mol. The molecule has 0 aliphatic carbocycles. The standard InChI is InChI=1S/C20H28N2O4/c1-20(2,3)26-18(23)21-11-16-9-10-17(13-21)22(12-16)19(24)25-14-15-7-5-4-6-8-15/h4-8,16-17H,9-14H2,1-3H3/t16-,17+/m1/s1. The van der Waals surface area contributed by atoms with Crippen LogP contribution in [0.15, 0.2) is 30.3 Å². The fraction of sp³-hybridized carbons (Fsp3) is 0.600. The van der Waals surface area contributed by atoms with Gasteiger partial charge in [0.1, 0.15) is 12.2 Å². The first-order chi connectivity index (χ1) is 12.3. The Kier molecular flexibility index (Phi) is 5.39. The van der Waals surface area contributed by atoms with Crippen molar-refractivity contribution >= 4 is 12.2 Å². The Balaban J connectivity index is 1.60. The maximum Gasteiger partial charge on any atom is 0.410 e. The Morgan fingerprint density at radius 3 is 2.46 bits per heavy atom. The minimum absolute atomic E-state index is 0.00968. The number of benzene rings is 1. The van der Waals surface area contributed by atoms with Gasteiger partial charge in [-0.3, -0.25) is 0 Å². The van der Waals surface area contributed by atoms with Crippen molar-refractivity contribution in [2.24, 2.45) is 5.92 Å². The molecule has 6 heteroatoms. The molecule has 0 unspecified atom stereocenters. The Hall–Kier alpha value is -2.24. The molecule has 2 bridgehead atoms. The van der Waals surface area contributed by atoms with E-state index in [4.69, 9.17) is 9.47 Å². The molecule has 0 radical (unpaired) electrons. The zero-order chi connectivity index (χ0) is 18.7. The SMILES string of the molecule is CC(C)(C)OC(=O)N1C[C@H]2CC[C@@H](C1)N(C(=O)OCc1ccccc1)C2. The number of ether oxygens (including phenoxy) is 2. The molecule has 2 atom stereocenters. The lowest BCUT2D eigenvalue weighted by atomic mass is 9.95. The molecule has 3 aliphatic rings. The number of nitrogens with zero attached hydrogens (tertiary/aromatic N) is 2. The predicted molar refractivity (Wildman–Crippen MR) is 97.7 cm³/mol. The van der Waals surface area contributed by atoms with Gasteiger partial charge in [0.15, 0.2) is 0 Å². The van der Waals surface area contributed by atoms with Crippen molar-refractivity contribution in [2.75, 3.05) is 19.6 Å². The van der Waals surface area contributed by atoms with Crippen LogP contribution in [0.5, 0.6) is 0 Å². The summed E-state index contributed by atoms with van der Waals surface area (Å²) in [7, 11) is 0. The Morgan fingerprint density at radius 2 is 1.77 bits per heavy atom. The fourth-order valence-electron chi connectivity index (χ4n) is 3.58. The van der Waals surface area contributed by atoms with Crippen LogP contribution in [0.25, 0.3) is 0 Å². The largest absolute Gasteiger partial charge is 0.445 e. The Labute approximate surface area is 155 Å². The number of carbonyl (C=O) groups excluding carboxylic acids is 2. The molecule has 26 heavy (non-hydrogen) atoms. The number of fused-ring (bicyclic) bond motifs is 4. The maximum absolute atomic E-state index is 12.6. The third kappa shape index (κ3) is 4.68. The van der Waals surface area contributed by atoms with Crippen molar-refractivity contribution in [3.63, 3.8) is 0 Å². The smallest absolute Gasteiger partial charge is 0.410 e. The number of rotatable bonds is 2. The fourth-order valence-corrected chi connectivity index (χ4v) is 3.58. The lowest BCUT2D eigenvalue weighted by molar-refractivity contribution is 0.0228. The van der Waals surface area contributed by atoms with E-state index in [1.165, 1.54) is 0 Å². The first kappa shape index (κ1) is 18.5. The van der Waals surface area contributed by atoms with Gasteiger partial charge in [0, 0.05) is 19.6 Å². The van der Waals surface area contributed by atoms with Crippen LogP contribution in [0.2, 0.25) is 0 Å². The molecule has 3 saturated heterocycles. The van der Waals surface area contributed by atoms with Crippen molar-refractivity contribution in [1.82, 2.24) is 9.80 Å². The second-order valence-corrected chi connectivity index (χ2v) is 8.18. The highest BCUT2D eigenvalue weighted by Gasteiger charge is 2.40. The van der Waals surface area contributed by atoms with E-state index in [0.717, 1.165) is 18.4 Å². The summed E-state index contributed by atoms with van der Waals surface area (Å²) in [5, 5.41) is 0. The van der Waals surface area contributed by atoms with E-state index in [-0.39, 0.29) is 30.8 Å². The second kappa shape index (κ2) is 7.56. The van der Waals surface area contributed by atoms with Gasteiger partial charge in [-0.2, -0.15) is 0 Å². The minimum atomic E-state index is -0.517. The lowest BCUT2D eigenvalue weighted by Crippen LogP contribution is -2.48. The van der Waals surface area contributed by atoms with Crippen molar-refractivity contribution in [3.05, 3.63) is 35.9 Å². The topological polar surface area (TPSA) is 59.1 Å². The van der Waals surface area contributed by atoms with Gasteiger partial charge in [0.25, 0.3) is 0 Å². The second-order valence-electron chi connectivity index (χ2n) is 8.18. The number of piperidine rings is 1. The lowest BCUT2D eigenvalue weighted by Gasteiger charge is -2.35. The first-order valence-electron chi connectivity index (χ1n) is 9.27. The first-order valence-corrected chi connectivity index (χ1v) is 9.27. The number of hydrogen-bond acceptors (Lipinski definition) is 4. The normalized spacial score (nSPS) is 22.7. The van der Waals surface area contributed by atoms with E-state index < -0.39 is 5.60 Å². The van der Waals surface area contributed by atoms with E-state index >= 15 is 0 Å². The van der Waals surface area contributed by atoms with E-state index in [1.807, 2.05) is 51.1 Å². The van der Waals surface area contributed by atoms with Gasteiger partial charge < -0.3 is 19.3 Å². The summed E-state index contributed by atoms with van der Waals surface area (Å²) >= 11 is 0. The predicted octanol–water partition coefficient (Wildman–Crippen LogP) is 3.65. The quantitative estimate of drug-likeness (QED) is 0.808. The molecule has 0 N–H and O–H groups in total. The molecule has 3 heterocycles. The third-order valence-corrected chi connectivity index (χ3v) is 4.80. The van der Waals surface area contributed by atoms with Gasteiger partial charge in [-0.05, 0) is 45.1 Å². The van der Waals surface area contributed by atoms with Gasteiger partial charge in [-0.25, -0.2) is 9.59 Å². The zero-order valence-corrected chi connectivity index (χ0v) is 15.8. The molecule has 2 amide bonds. The van der Waals surface area contributed by atoms with Crippen LogP contribution in [-0.2, 0) is 16.1 Å². The molecule has 1 aromatic rings. The number of hydrogen-bond donors (Lipinski definition) is 0. The van der Waals surface area contributed by atoms with Crippen molar-refractivity contribution < 1.29 is 19.1 Å². The van der Waals surface area contributed by atoms with Crippen LogP contribution in [0.4, 0.5) is 9.59 Å². The molecule has 3 aliphatic heterocycles. The van der Waals surface area contributed by atoms with Crippen LogP contribution >= 0.6 is 0 Å². The Bertz CT molecular complexity index is 641. The van der Waals surface area contributed by atoms with Gasteiger partial charge in [0.2, 0.25) is 0 Å². The third-order valence-electron chi connectivity index (χ3n) is 4.80. The molecule has 142 valence electrons. The number of amides is 2. The molecule has 1 aromatic carbocycles. The minimum Gasteiger partial charge on any atom is -0.445 e. The Morgan fingerprint density at radius 1 is 1.04 bits per heavy atom. The highest BCUT2D eigenvalue weighted by Crippen LogP contribution is 2.29. The van der Waals surface area contributed by atoms with Gasteiger partial charge in [0.05, 0.1) is 6.04 Å². The average Bonchev–Trinajstić information content (AvgIpc) is 2.91. The summed E-state index contributed by atoms with van der Waals surface area (Å²) in [5.41, 5.74) is 0.452. The summed E-state index contributed by atoms with van der Waals surface area (Å²) in [6.45, 7) is 7.64. The van der Waals surface area contributed by atoms with Crippen molar-refractivity contribution in [1.29, 1.82) is 0 Å². The summed E-state index contributed by atoms with van der Waals surface area (Å²) in [4.78, 5) is 28.6. The molecule has 3 fully saturated rings. The summed E-state index contributed by atoms with van der Waals surface area (Å²) in [6.07, 6.45) is 1.32. The summed E-state index contributed by atoms with van der Waals surface area (Å²) in [5.74, 6) is 0.269. The maximum atomic E-state index is 12.6. The monoisotopic (exact) mass is 360 g/mol.